The second kappa shape index (κ2) is 6.79. The molecule has 1 saturated heterocycles. The van der Waals surface area contributed by atoms with E-state index >= 15 is 0 Å². The largest absolute Gasteiger partial charge is 0.343 e. The van der Waals surface area contributed by atoms with Gasteiger partial charge in [-0.1, -0.05) is 12.2 Å². The highest BCUT2D eigenvalue weighted by Crippen LogP contribution is 2.10. The topological polar surface area (TPSA) is 54.5 Å². The van der Waals surface area contributed by atoms with Gasteiger partial charge in [0.05, 0.1) is 11.5 Å². The Hall–Kier alpha value is -0.840. The maximum Gasteiger partial charge on any atom is 0.223 e. The molecule has 0 radical (unpaired) electrons. The van der Waals surface area contributed by atoms with Gasteiger partial charge in [0.15, 0.2) is 9.84 Å². The zero-order chi connectivity index (χ0) is 12.7. The molecular formula is C12H21NO3S. The molecule has 1 aliphatic heterocycles. The van der Waals surface area contributed by atoms with Gasteiger partial charge in [0.1, 0.15) is 0 Å². The number of carbonyl (C=O) groups excluding carboxylic acids is 1. The summed E-state index contributed by atoms with van der Waals surface area (Å²) >= 11 is 0. The van der Waals surface area contributed by atoms with E-state index in [-0.39, 0.29) is 23.8 Å². The Morgan fingerprint density at radius 1 is 1.24 bits per heavy atom. The van der Waals surface area contributed by atoms with Crippen molar-refractivity contribution >= 4 is 15.7 Å². The lowest BCUT2D eigenvalue weighted by Gasteiger charge is -2.26. The lowest BCUT2D eigenvalue weighted by atomic mass is 10.1. The van der Waals surface area contributed by atoms with E-state index in [4.69, 9.17) is 0 Å². The number of piperidine rings is 1. The number of hydrogen-bond donors (Lipinski definition) is 0. The molecule has 17 heavy (non-hydrogen) atoms. The predicted octanol–water partition coefficient (Wildman–Crippen LogP) is 1.38. The Morgan fingerprint density at radius 2 is 1.88 bits per heavy atom. The quantitative estimate of drug-likeness (QED) is 0.701. The van der Waals surface area contributed by atoms with Crippen LogP contribution in [-0.2, 0) is 14.6 Å². The maximum absolute atomic E-state index is 11.8. The van der Waals surface area contributed by atoms with Crippen molar-refractivity contribution in [1.29, 1.82) is 0 Å². The van der Waals surface area contributed by atoms with Crippen LogP contribution in [0.2, 0.25) is 0 Å². The normalized spacial score (nSPS) is 17.6. The van der Waals surface area contributed by atoms with E-state index in [0.717, 1.165) is 25.9 Å². The SMILES string of the molecule is CC=CCS(=O)(=O)CCC(=O)N1CCCCC1. The van der Waals surface area contributed by atoms with E-state index in [1.165, 1.54) is 6.42 Å². The van der Waals surface area contributed by atoms with Crippen LogP contribution in [0.1, 0.15) is 32.6 Å². The van der Waals surface area contributed by atoms with Crippen LogP contribution < -0.4 is 0 Å². The highest BCUT2D eigenvalue weighted by atomic mass is 32.2. The molecule has 1 aliphatic rings. The third kappa shape index (κ3) is 5.35. The zero-order valence-corrected chi connectivity index (χ0v) is 11.2. The molecule has 1 fully saturated rings. The van der Waals surface area contributed by atoms with Crippen LogP contribution in [0.5, 0.6) is 0 Å². The second-order valence-electron chi connectivity index (χ2n) is 4.37. The Labute approximate surface area is 104 Å². The molecule has 4 nitrogen and oxygen atoms in total. The van der Waals surface area contributed by atoms with Crippen molar-refractivity contribution in [3.05, 3.63) is 12.2 Å². The summed E-state index contributed by atoms with van der Waals surface area (Å²) in [4.78, 5) is 13.5. The van der Waals surface area contributed by atoms with Crippen molar-refractivity contribution in [2.24, 2.45) is 0 Å². The van der Waals surface area contributed by atoms with Gasteiger partial charge in [-0.2, -0.15) is 0 Å². The Morgan fingerprint density at radius 3 is 2.47 bits per heavy atom. The predicted molar refractivity (Wildman–Crippen MR) is 68.5 cm³/mol. The number of rotatable bonds is 5. The maximum atomic E-state index is 11.8. The summed E-state index contributed by atoms with van der Waals surface area (Å²) in [5.74, 6) is -0.0162. The molecule has 0 unspecified atom stereocenters. The molecule has 0 aromatic heterocycles. The molecular weight excluding hydrogens is 238 g/mol. The molecule has 1 amide bonds. The van der Waals surface area contributed by atoms with Gasteiger partial charge in [0.25, 0.3) is 0 Å². The van der Waals surface area contributed by atoms with Crippen molar-refractivity contribution in [2.45, 2.75) is 32.6 Å². The number of likely N-dealkylation sites (tertiary alicyclic amines) is 1. The average Bonchev–Trinajstić information content (AvgIpc) is 2.35. The molecule has 5 heteroatoms. The van der Waals surface area contributed by atoms with Crippen molar-refractivity contribution in [2.75, 3.05) is 24.6 Å². The van der Waals surface area contributed by atoms with Gasteiger partial charge in [-0.3, -0.25) is 4.79 Å². The smallest absolute Gasteiger partial charge is 0.223 e. The molecule has 0 aliphatic carbocycles. The van der Waals surface area contributed by atoms with Crippen LogP contribution >= 0.6 is 0 Å². The van der Waals surface area contributed by atoms with E-state index in [1.54, 1.807) is 24.0 Å². The van der Waals surface area contributed by atoms with Crippen LogP contribution in [0, 0.1) is 0 Å². The molecule has 0 aromatic rings. The van der Waals surface area contributed by atoms with Gasteiger partial charge in [0, 0.05) is 19.5 Å². The lowest BCUT2D eigenvalue weighted by Crippen LogP contribution is -2.36. The lowest BCUT2D eigenvalue weighted by molar-refractivity contribution is -0.131. The van der Waals surface area contributed by atoms with Gasteiger partial charge in [-0.25, -0.2) is 8.42 Å². The van der Waals surface area contributed by atoms with E-state index in [1.807, 2.05) is 0 Å². The first kappa shape index (κ1) is 14.2. The summed E-state index contributed by atoms with van der Waals surface area (Å²) in [7, 11) is -3.11. The first-order valence-electron chi connectivity index (χ1n) is 6.14. The third-order valence-electron chi connectivity index (χ3n) is 2.92. The molecule has 1 rings (SSSR count). The molecule has 0 N–H and O–H groups in total. The Balaban J connectivity index is 2.36. The minimum Gasteiger partial charge on any atom is -0.343 e. The van der Waals surface area contributed by atoms with Crippen molar-refractivity contribution < 1.29 is 13.2 Å². The number of amides is 1. The average molecular weight is 259 g/mol. The van der Waals surface area contributed by atoms with Crippen molar-refractivity contribution in [3.8, 4) is 0 Å². The second-order valence-corrected chi connectivity index (χ2v) is 6.60. The van der Waals surface area contributed by atoms with E-state index in [0.29, 0.717) is 0 Å². The number of nitrogens with zero attached hydrogens (tertiary/aromatic N) is 1. The highest BCUT2D eigenvalue weighted by molar-refractivity contribution is 7.91. The standard InChI is InChI=1S/C12H21NO3S/c1-2-3-10-17(15,16)11-7-12(14)13-8-5-4-6-9-13/h2-3H,4-11H2,1H3. The van der Waals surface area contributed by atoms with E-state index in [2.05, 4.69) is 0 Å². The van der Waals surface area contributed by atoms with Gasteiger partial charge in [0.2, 0.25) is 5.91 Å². The monoisotopic (exact) mass is 259 g/mol. The van der Waals surface area contributed by atoms with Gasteiger partial charge >= 0.3 is 0 Å². The summed E-state index contributed by atoms with van der Waals surface area (Å²) < 4.78 is 23.1. The summed E-state index contributed by atoms with van der Waals surface area (Å²) in [6.07, 6.45) is 6.70. The molecule has 0 spiro atoms. The molecule has 0 bridgehead atoms. The van der Waals surface area contributed by atoms with Crippen LogP contribution in [-0.4, -0.2) is 43.8 Å². The first-order chi connectivity index (χ1) is 8.05. The van der Waals surface area contributed by atoms with E-state index < -0.39 is 9.84 Å². The van der Waals surface area contributed by atoms with E-state index in [9.17, 15) is 13.2 Å². The van der Waals surface area contributed by atoms with Crippen LogP contribution in [0.15, 0.2) is 12.2 Å². The fourth-order valence-corrected chi connectivity index (χ4v) is 3.01. The van der Waals surface area contributed by atoms with Gasteiger partial charge in [-0.15, -0.1) is 0 Å². The van der Waals surface area contributed by atoms with Crippen LogP contribution in [0.3, 0.4) is 0 Å². The number of sulfone groups is 1. The molecule has 0 saturated carbocycles. The molecule has 1 heterocycles. The molecule has 0 aromatic carbocycles. The van der Waals surface area contributed by atoms with Crippen LogP contribution in [0.25, 0.3) is 0 Å². The number of carbonyl (C=O) groups is 1. The first-order valence-corrected chi connectivity index (χ1v) is 7.96. The fraction of sp³-hybridized carbons (Fsp3) is 0.750. The summed E-state index contributed by atoms with van der Waals surface area (Å²) in [5, 5.41) is 0. The minimum atomic E-state index is -3.11. The summed E-state index contributed by atoms with van der Waals surface area (Å²) in [6, 6.07) is 0. The molecule has 0 atom stereocenters. The third-order valence-corrected chi connectivity index (χ3v) is 4.45. The summed E-state index contributed by atoms with van der Waals surface area (Å²) in [6.45, 7) is 3.36. The van der Waals surface area contributed by atoms with Gasteiger partial charge < -0.3 is 4.90 Å². The number of hydrogen-bond acceptors (Lipinski definition) is 3. The fourth-order valence-electron chi connectivity index (χ4n) is 1.87. The summed E-state index contributed by atoms with van der Waals surface area (Å²) in [5.41, 5.74) is 0. The Kier molecular flexibility index (Phi) is 5.68. The highest BCUT2D eigenvalue weighted by Gasteiger charge is 2.18. The minimum absolute atomic E-state index is 0.0197. The zero-order valence-electron chi connectivity index (χ0n) is 10.4. The van der Waals surface area contributed by atoms with Crippen molar-refractivity contribution in [1.82, 2.24) is 4.90 Å². The molecule has 98 valence electrons. The van der Waals surface area contributed by atoms with Crippen molar-refractivity contribution in [3.63, 3.8) is 0 Å². The number of allylic oxidation sites excluding steroid dienone is 1. The van der Waals surface area contributed by atoms with Gasteiger partial charge in [-0.05, 0) is 26.2 Å². The Bertz CT molecular complexity index is 367. The van der Waals surface area contributed by atoms with Crippen LogP contribution in [0.4, 0.5) is 0 Å².